The molecule has 0 aliphatic heterocycles. The molecule has 0 unspecified atom stereocenters. The monoisotopic (exact) mass is 582 g/mol. The quantitative estimate of drug-likeness (QED) is 0.179. The molecule has 224 valence electrons. The van der Waals surface area contributed by atoms with E-state index in [4.69, 9.17) is 20.9 Å². The highest BCUT2D eigenvalue weighted by molar-refractivity contribution is 5.51. The summed E-state index contributed by atoms with van der Waals surface area (Å²) in [6, 6.07) is 38.2. The van der Waals surface area contributed by atoms with E-state index in [0.29, 0.717) is 5.92 Å². The zero-order chi connectivity index (χ0) is 30.7. The van der Waals surface area contributed by atoms with Crippen LogP contribution < -0.4 is 20.9 Å². The fraction of sp³-hybridized carbons (Fsp3) is 0.250. The molecule has 0 amide bonds. The smallest absolute Gasteiger partial charge is 0.130 e. The van der Waals surface area contributed by atoms with E-state index in [1.165, 1.54) is 22.3 Å². The zero-order valence-corrected chi connectivity index (χ0v) is 26.0. The first-order valence-electron chi connectivity index (χ1n) is 15.7. The Morgan fingerprint density at radius 2 is 1.07 bits per heavy atom. The second-order valence-electron chi connectivity index (χ2n) is 12.3. The van der Waals surface area contributed by atoms with Gasteiger partial charge in [0.25, 0.3) is 0 Å². The minimum atomic E-state index is -0.0921. The molecule has 0 saturated heterocycles. The van der Waals surface area contributed by atoms with E-state index in [0.717, 1.165) is 77.6 Å². The van der Waals surface area contributed by atoms with Crippen molar-refractivity contribution in [3.05, 3.63) is 143 Å². The first-order chi connectivity index (χ1) is 21.3. The van der Waals surface area contributed by atoms with Crippen LogP contribution in [0.2, 0.25) is 0 Å². The van der Waals surface area contributed by atoms with Crippen LogP contribution >= 0.6 is 0 Å². The Morgan fingerprint density at radius 3 is 1.48 bits per heavy atom. The predicted molar refractivity (Wildman–Crippen MR) is 182 cm³/mol. The molecule has 0 radical (unpaired) electrons. The number of rotatable bonds is 8. The van der Waals surface area contributed by atoms with E-state index in [2.05, 4.69) is 79.7 Å². The molecular formula is C40H42N2O2. The van der Waals surface area contributed by atoms with Crippen LogP contribution in [0.3, 0.4) is 0 Å². The average Bonchev–Trinajstić information content (AvgIpc) is 3.04. The van der Waals surface area contributed by atoms with Crippen molar-refractivity contribution in [2.24, 2.45) is 0 Å². The van der Waals surface area contributed by atoms with Crippen molar-refractivity contribution in [3.8, 4) is 23.0 Å². The molecule has 0 spiro atoms. The lowest BCUT2D eigenvalue weighted by molar-refractivity contribution is 0.314. The molecular weight excluding hydrogens is 540 g/mol. The Bertz CT molecular complexity index is 1620. The molecule has 4 N–H and O–H groups in total. The van der Waals surface area contributed by atoms with Crippen LogP contribution in [0.25, 0.3) is 0 Å². The molecule has 5 aromatic carbocycles. The van der Waals surface area contributed by atoms with E-state index >= 15 is 0 Å². The molecule has 6 rings (SSSR count). The van der Waals surface area contributed by atoms with Gasteiger partial charge in [0.2, 0.25) is 0 Å². The number of hydrogen-bond acceptors (Lipinski definition) is 4. The van der Waals surface area contributed by atoms with Gasteiger partial charge in [0.15, 0.2) is 0 Å². The summed E-state index contributed by atoms with van der Waals surface area (Å²) in [5.41, 5.74) is 20.8. The first-order valence-corrected chi connectivity index (χ1v) is 15.7. The van der Waals surface area contributed by atoms with E-state index in [9.17, 15) is 0 Å². The summed E-state index contributed by atoms with van der Waals surface area (Å²) in [6.45, 7) is 6.25. The van der Waals surface area contributed by atoms with Gasteiger partial charge < -0.3 is 20.9 Å². The number of nitrogen functional groups attached to an aromatic ring is 2. The van der Waals surface area contributed by atoms with E-state index < -0.39 is 0 Å². The maximum Gasteiger partial charge on any atom is 0.130 e. The molecule has 0 bridgehead atoms. The van der Waals surface area contributed by atoms with Gasteiger partial charge in [-0.25, -0.2) is 0 Å². The second kappa shape index (κ2) is 12.5. The Kier molecular flexibility index (Phi) is 8.34. The van der Waals surface area contributed by atoms with Gasteiger partial charge in [-0.15, -0.1) is 0 Å². The predicted octanol–water partition coefficient (Wildman–Crippen LogP) is 10.3. The summed E-state index contributed by atoms with van der Waals surface area (Å²) in [5.74, 6) is 3.86. The van der Waals surface area contributed by atoms with Crippen molar-refractivity contribution < 1.29 is 9.47 Å². The molecule has 4 heteroatoms. The van der Waals surface area contributed by atoms with Gasteiger partial charge in [-0.1, -0.05) is 55.5 Å². The fourth-order valence-electron chi connectivity index (χ4n) is 6.73. The molecule has 44 heavy (non-hydrogen) atoms. The fourth-order valence-corrected chi connectivity index (χ4v) is 6.73. The Balaban J connectivity index is 1.28. The van der Waals surface area contributed by atoms with Crippen LogP contribution in [0.5, 0.6) is 23.0 Å². The summed E-state index contributed by atoms with van der Waals surface area (Å²) >= 11 is 0. The summed E-state index contributed by atoms with van der Waals surface area (Å²) < 4.78 is 12.5. The molecule has 1 saturated carbocycles. The maximum atomic E-state index is 6.25. The molecule has 4 nitrogen and oxygen atoms in total. The molecule has 1 aliphatic carbocycles. The van der Waals surface area contributed by atoms with Gasteiger partial charge in [-0.3, -0.25) is 0 Å². The SMILES string of the molecule is CCc1ccc(C2CCC(c3ccc(Oc4ccc(N)cc4C)cc3)(c3ccc(Oc4ccc(N)cc4C)cc3)CC2)cc1. The first kappa shape index (κ1) is 29.4. The maximum absolute atomic E-state index is 6.25. The second-order valence-corrected chi connectivity index (χ2v) is 12.3. The van der Waals surface area contributed by atoms with Crippen molar-refractivity contribution in [2.75, 3.05) is 11.5 Å². The molecule has 1 aliphatic rings. The van der Waals surface area contributed by atoms with Crippen LogP contribution in [0.1, 0.15) is 71.9 Å². The van der Waals surface area contributed by atoms with Gasteiger partial charge in [-0.05, 0) is 146 Å². The summed E-state index contributed by atoms with van der Waals surface area (Å²) in [5, 5.41) is 0. The summed E-state index contributed by atoms with van der Waals surface area (Å²) in [4.78, 5) is 0. The number of nitrogens with two attached hydrogens (primary N) is 2. The van der Waals surface area contributed by atoms with Crippen molar-refractivity contribution in [1.82, 2.24) is 0 Å². The summed E-state index contributed by atoms with van der Waals surface area (Å²) in [7, 11) is 0. The van der Waals surface area contributed by atoms with Gasteiger partial charge in [0.1, 0.15) is 23.0 Å². The number of benzene rings is 5. The van der Waals surface area contributed by atoms with Crippen LogP contribution in [0.4, 0.5) is 11.4 Å². The molecule has 0 heterocycles. The number of ether oxygens (including phenoxy) is 2. The van der Waals surface area contributed by atoms with E-state index in [1.807, 2.05) is 50.2 Å². The minimum absolute atomic E-state index is 0.0921. The van der Waals surface area contributed by atoms with Gasteiger partial charge in [-0.2, -0.15) is 0 Å². The largest absolute Gasteiger partial charge is 0.457 e. The van der Waals surface area contributed by atoms with Crippen molar-refractivity contribution in [1.29, 1.82) is 0 Å². The van der Waals surface area contributed by atoms with E-state index in [1.54, 1.807) is 0 Å². The summed E-state index contributed by atoms with van der Waals surface area (Å²) in [6.07, 6.45) is 5.49. The highest BCUT2D eigenvalue weighted by atomic mass is 16.5. The van der Waals surface area contributed by atoms with Crippen LogP contribution in [0, 0.1) is 13.8 Å². The van der Waals surface area contributed by atoms with Gasteiger partial charge in [0.05, 0.1) is 0 Å². The van der Waals surface area contributed by atoms with Gasteiger partial charge >= 0.3 is 0 Å². The highest BCUT2D eigenvalue weighted by Crippen LogP contribution is 2.49. The number of hydrogen-bond donors (Lipinski definition) is 2. The third kappa shape index (κ3) is 6.16. The third-order valence-corrected chi connectivity index (χ3v) is 9.37. The van der Waals surface area contributed by atoms with Crippen LogP contribution in [-0.2, 0) is 11.8 Å². The molecule has 0 atom stereocenters. The highest BCUT2D eigenvalue weighted by Gasteiger charge is 2.39. The lowest BCUT2D eigenvalue weighted by atomic mass is 9.62. The normalized spacial score (nSPS) is 14.7. The molecule has 0 aromatic heterocycles. The lowest BCUT2D eigenvalue weighted by Gasteiger charge is -2.41. The van der Waals surface area contributed by atoms with Crippen molar-refractivity contribution >= 4 is 11.4 Å². The average molecular weight is 583 g/mol. The topological polar surface area (TPSA) is 70.5 Å². The Morgan fingerprint density at radius 1 is 0.614 bits per heavy atom. The number of anilines is 2. The third-order valence-electron chi connectivity index (χ3n) is 9.37. The minimum Gasteiger partial charge on any atom is -0.457 e. The van der Waals surface area contributed by atoms with E-state index in [-0.39, 0.29) is 5.41 Å². The Labute approximate surface area is 261 Å². The van der Waals surface area contributed by atoms with Crippen molar-refractivity contribution in [3.63, 3.8) is 0 Å². The lowest BCUT2D eigenvalue weighted by Crippen LogP contribution is -2.32. The van der Waals surface area contributed by atoms with Crippen molar-refractivity contribution in [2.45, 2.75) is 64.2 Å². The van der Waals surface area contributed by atoms with Gasteiger partial charge in [0, 0.05) is 16.8 Å². The standard InChI is InChI=1S/C40H42N2O2/c1-4-29-5-7-30(8-6-29)31-21-23-40(24-22-31,32-9-15-36(16-10-32)43-38-19-13-34(41)25-27(38)2)33-11-17-37(18-12-33)44-39-20-14-35(42)26-28(39)3/h5-20,25-26,31H,4,21-24,41-42H2,1-3H3. The molecule has 5 aromatic rings. The van der Waals surface area contributed by atoms with Crippen LogP contribution in [-0.4, -0.2) is 0 Å². The number of aryl methyl sites for hydroxylation is 3. The van der Waals surface area contributed by atoms with Crippen LogP contribution in [0.15, 0.2) is 109 Å². The Hall–Kier alpha value is -4.70. The molecule has 1 fully saturated rings. The zero-order valence-electron chi connectivity index (χ0n) is 26.0.